The standard InChI is InChI=1S/C8H14F3N5/c1-15(2)3-4-16-7(8(9,10)11)6(5-12)13-14-16/h3-5,12H2,1-2H3. The van der Waals surface area contributed by atoms with Crippen LogP contribution in [0.15, 0.2) is 0 Å². The molecule has 0 radical (unpaired) electrons. The minimum atomic E-state index is -4.47. The molecule has 0 aromatic carbocycles. The van der Waals surface area contributed by atoms with Gasteiger partial charge in [0.1, 0.15) is 5.69 Å². The summed E-state index contributed by atoms with van der Waals surface area (Å²) in [5, 5.41) is 6.89. The van der Waals surface area contributed by atoms with Crippen molar-refractivity contribution in [3.05, 3.63) is 11.4 Å². The first-order valence-electron chi connectivity index (χ1n) is 4.70. The molecule has 0 unspecified atom stereocenters. The molecule has 0 spiro atoms. The molecule has 16 heavy (non-hydrogen) atoms. The van der Waals surface area contributed by atoms with E-state index in [4.69, 9.17) is 5.73 Å². The van der Waals surface area contributed by atoms with Gasteiger partial charge in [0.05, 0.1) is 6.54 Å². The summed E-state index contributed by atoms with van der Waals surface area (Å²) in [6.07, 6.45) is -4.47. The number of nitrogens with two attached hydrogens (primary N) is 1. The van der Waals surface area contributed by atoms with Crippen molar-refractivity contribution < 1.29 is 13.2 Å². The molecule has 8 heteroatoms. The summed E-state index contributed by atoms with van der Waals surface area (Å²) in [6, 6.07) is 0. The maximum Gasteiger partial charge on any atom is 0.434 e. The predicted octanol–water partition coefficient (Wildman–Crippen LogP) is 0.317. The number of nitrogens with zero attached hydrogens (tertiary/aromatic N) is 4. The molecule has 0 aliphatic heterocycles. The van der Waals surface area contributed by atoms with Crippen LogP contribution in [0, 0.1) is 0 Å². The van der Waals surface area contributed by atoms with Gasteiger partial charge in [0, 0.05) is 13.1 Å². The van der Waals surface area contributed by atoms with E-state index in [1.54, 1.807) is 19.0 Å². The average Bonchev–Trinajstić information content (AvgIpc) is 2.56. The van der Waals surface area contributed by atoms with Gasteiger partial charge in [0.15, 0.2) is 5.69 Å². The van der Waals surface area contributed by atoms with Crippen LogP contribution in [0.1, 0.15) is 11.4 Å². The molecule has 1 heterocycles. The van der Waals surface area contributed by atoms with E-state index >= 15 is 0 Å². The third-order valence-electron chi connectivity index (χ3n) is 2.03. The van der Waals surface area contributed by atoms with Crippen LogP contribution in [-0.4, -0.2) is 40.5 Å². The monoisotopic (exact) mass is 237 g/mol. The zero-order valence-corrected chi connectivity index (χ0v) is 9.12. The van der Waals surface area contributed by atoms with E-state index in [1.807, 2.05) is 0 Å². The van der Waals surface area contributed by atoms with E-state index in [-0.39, 0.29) is 18.8 Å². The van der Waals surface area contributed by atoms with E-state index in [2.05, 4.69) is 10.3 Å². The summed E-state index contributed by atoms with van der Waals surface area (Å²) in [5.41, 5.74) is 4.12. The van der Waals surface area contributed by atoms with E-state index in [0.29, 0.717) is 6.54 Å². The minimum Gasteiger partial charge on any atom is -0.325 e. The van der Waals surface area contributed by atoms with Gasteiger partial charge in [-0.05, 0) is 14.1 Å². The van der Waals surface area contributed by atoms with Gasteiger partial charge in [-0.2, -0.15) is 13.2 Å². The number of rotatable bonds is 4. The van der Waals surface area contributed by atoms with Crippen LogP contribution in [-0.2, 0) is 19.3 Å². The lowest BCUT2D eigenvalue weighted by atomic mass is 10.3. The Kier molecular flexibility index (Phi) is 3.87. The van der Waals surface area contributed by atoms with Crippen molar-refractivity contribution in [2.45, 2.75) is 19.3 Å². The number of aromatic nitrogens is 3. The van der Waals surface area contributed by atoms with Crippen molar-refractivity contribution in [3.63, 3.8) is 0 Å². The average molecular weight is 237 g/mol. The number of halogens is 3. The molecule has 0 aliphatic carbocycles. The fraction of sp³-hybridized carbons (Fsp3) is 0.750. The van der Waals surface area contributed by atoms with Gasteiger partial charge in [-0.15, -0.1) is 5.10 Å². The molecule has 0 aliphatic rings. The summed E-state index contributed by atoms with van der Waals surface area (Å²) >= 11 is 0. The van der Waals surface area contributed by atoms with Crippen LogP contribution in [0.4, 0.5) is 13.2 Å². The number of hydrogen-bond acceptors (Lipinski definition) is 4. The number of hydrogen-bond donors (Lipinski definition) is 1. The maximum absolute atomic E-state index is 12.7. The van der Waals surface area contributed by atoms with E-state index < -0.39 is 11.9 Å². The van der Waals surface area contributed by atoms with Crippen molar-refractivity contribution in [2.24, 2.45) is 5.73 Å². The highest BCUT2D eigenvalue weighted by Crippen LogP contribution is 2.30. The molecular weight excluding hydrogens is 223 g/mol. The summed E-state index contributed by atoms with van der Waals surface area (Å²) in [5.74, 6) is 0. The topological polar surface area (TPSA) is 60.0 Å². The van der Waals surface area contributed by atoms with E-state index in [0.717, 1.165) is 4.68 Å². The van der Waals surface area contributed by atoms with E-state index in [1.165, 1.54) is 0 Å². The second-order valence-corrected chi connectivity index (χ2v) is 3.61. The van der Waals surface area contributed by atoms with Crippen LogP contribution in [0.5, 0.6) is 0 Å². The Morgan fingerprint density at radius 1 is 1.38 bits per heavy atom. The molecule has 92 valence electrons. The molecule has 0 saturated carbocycles. The zero-order chi connectivity index (χ0) is 12.3. The highest BCUT2D eigenvalue weighted by molar-refractivity contribution is 5.13. The molecule has 0 fully saturated rings. The van der Waals surface area contributed by atoms with Crippen LogP contribution >= 0.6 is 0 Å². The largest absolute Gasteiger partial charge is 0.434 e. The second-order valence-electron chi connectivity index (χ2n) is 3.61. The van der Waals surface area contributed by atoms with Gasteiger partial charge < -0.3 is 10.6 Å². The smallest absolute Gasteiger partial charge is 0.325 e. The Morgan fingerprint density at radius 3 is 2.44 bits per heavy atom. The normalized spacial score (nSPS) is 12.4. The molecule has 0 amide bonds. The molecular formula is C8H14F3N5. The highest BCUT2D eigenvalue weighted by Gasteiger charge is 2.38. The Morgan fingerprint density at radius 2 is 2.00 bits per heavy atom. The van der Waals surface area contributed by atoms with Gasteiger partial charge in [-0.25, -0.2) is 4.68 Å². The van der Waals surface area contributed by atoms with Crippen molar-refractivity contribution >= 4 is 0 Å². The Balaban J connectivity index is 2.96. The maximum atomic E-state index is 12.7. The summed E-state index contributed by atoms with van der Waals surface area (Å²) in [7, 11) is 3.54. The Bertz CT molecular complexity index is 344. The van der Waals surface area contributed by atoms with Crippen molar-refractivity contribution in [1.29, 1.82) is 0 Å². The molecule has 0 atom stereocenters. The molecule has 1 aromatic heterocycles. The lowest BCUT2D eigenvalue weighted by Gasteiger charge is -2.13. The molecule has 2 N–H and O–H groups in total. The molecule has 1 aromatic rings. The first-order valence-corrected chi connectivity index (χ1v) is 4.70. The fourth-order valence-corrected chi connectivity index (χ4v) is 1.25. The lowest BCUT2D eigenvalue weighted by Crippen LogP contribution is -2.23. The van der Waals surface area contributed by atoms with Crippen LogP contribution < -0.4 is 5.73 Å². The molecule has 0 saturated heterocycles. The highest BCUT2D eigenvalue weighted by atomic mass is 19.4. The second kappa shape index (κ2) is 4.79. The van der Waals surface area contributed by atoms with Crippen molar-refractivity contribution in [1.82, 2.24) is 19.9 Å². The van der Waals surface area contributed by atoms with E-state index in [9.17, 15) is 13.2 Å². The van der Waals surface area contributed by atoms with Crippen molar-refractivity contribution in [3.8, 4) is 0 Å². The van der Waals surface area contributed by atoms with Gasteiger partial charge in [0.2, 0.25) is 0 Å². The SMILES string of the molecule is CN(C)CCn1nnc(CN)c1C(F)(F)F. The summed E-state index contributed by atoms with van der Waals surface area (Å²) < 4.78 is 38.9. The third kappa shape index (κ3) is 2.92. The first kappa shape index (κ1) is 12.9. The quantitative estimate of drug-likeness (QED) is 0.819. The van der Waals surface area contributed by atoms with Crippen molar-refractivity contribution in [2.75, 3.05) is 20.6 Å². The van der Waals surface area contributed by atoms with Crippen LogP contribution in [0.3, 0.4) is 0 Å². The Hall–Kier alpha value is -1.15. The summed E-state index contributed by atoms with van der Waals surface area (Å²) in [4.78, 5) is 1.77. The first-order chi connectivity index (χ1) is 7.36. The molecule has 0 bridgehead atoms. The van der Waals surface area contributed by atoms with Crippen LogP contribution in [0.25, 0.3) is 0 Å². The minimum absolute atomic E-state index is 0.134. The molecule has 1 rings (SSSR count). The molecule has 5 nitrogen and oxygen atoms in total. The predicted molar refractivity (Wildman–Crippen MR) is 51.5 cm³/mol. The summed E-state index contributed by atoms with van der Waals surface area (Å²) in [6.45, 7) is 0.322. The fourth-order valence-electron chi connectivity index (χ4n) is 1.25. The lowest BCUT2D eigenvalue weighted by molar-refractivity contribution is -0.144. The Labute approximate surface area is 91.0 Å². The number of likely N-dealkylation sites (N-methyl/N-ethyl adjacent to an activating group) is 1. The van der Waals surface area contributed by atoms with Gasteiger partial charge in [0.25, 0.3) is 0 Å². The van der Waals surface area contributed by atoms with Gasteiger partial charge >= 0.3 is 6.18 Å². The van der Waals surface area contributed by atoms with Gasteiger partial charge in [-0.3, -0.25) is 0 Å². The van der Waals surface area contributed by atoms with Crippen LogP contribution in [0.2, 0.25) is 0 Å². The van der Waals surface area contributed by atoms with Gasteiger partial charge in [-0.1, -0.05) is 5.21 Å². The number of alkyl halides is 3. The zero-order valence-electron chi connectivity index (χ0n) is 9.12. The third-order valence-corrected chi connectivity index (χ3v) is 2.03.